The van der Waals surface area contributed by atoms with Crippen LogP contribution in [-0.4, -0.2) is 40.6 Å². The van der Waals surface area contributed by atoms with Crippen LogP contribution in [0.4, 0.5) is 0 Å². The summed E-state index contributed by atoms with van der Waals surface area (Å²) in [4.78, 5) is 12.2. The van der Waals surface area contributed by atoms with Crippen molar-refractivity contribution < 1.29 is 23.7 Å². The minimum absolute atomic E-state index is 0.372. The summed E-state index contributed by atoms with van der Waals surface area (Å²) in [5.74, 6) is 1.91. The van der Waals surface area contributed by atoms with Crippen LogP contribution in [0.5, 0.6) is 23.0 Å². The second kappa shape index (κ2) is 8.58. The van der Waals surface area contributed by atoms with Crippen molar-refractivity contribution in [2.75, 3.05) is 28.4 Å². The lowest BCUT2D eigenvalue weighted by molar-refractivity contribution is 0.0954. The van der Waals surface area contributed by atoms with E-state index in [-0.39, 0.29) is 5.91 Å². The third-order valence-electron chi connectivity index (χ3n) is 3.37. The normalized spacial score (nSPS) is 10.4. The number of ether oxygens (including phenoxy) is 4. The summed E-state index contributed by atoms with van der Waals surface area (Å²) in [5.41, 5.74) is 3.56. The fourth-order valence-electron chi connectivity index (χ4n) is 2.07. The van der Waals surface area contributed by atoms with Gasteiger partial charge in [-0.2, -0.15) is 5.10 Å². The highest BCUT2D eigenvalue weighted by Crippen LogP contribution is 2.23. The van der Waals surface area contributed by atoms with Crippen LogP contribution in [0.2, 0.25) is 0 Å². The van der Waals surface area contributed by atoms with Crippen LogP contribution in [-0.2, 0) is 0 Å². The molecule has 7 nitrogen and oxygen atoms in total. The number of hydrazone groups is 1. The Morgan fingerprint density at radius 2 is 1.24 bits per heavy atom. The molecule has 1 amide bonds. The fourth-order valence-corrected chi connectivity index (χ4v) is 2.07. The predicted molar refractivity (Wildman–Crippen MR) is 94.2 cm³/mol. The fraction of sp³-hybridized carbons (Fsp3) is 0.222. The molecule has 1 N–H and O–H groups in total. The highest BCUT2D eigenvalue weighted by molar-refractivity contribution is 5.95. The lowest BCUT2D eigenvalue weighted by atomic mass is 10.2. The monoisotopic (exact) mass is 344 g/mol. The molecule has 2 aromatic rings. The van der Waals surface area contributed by atoms with Crippen LogP contribution < -0.4 is 24.4 Å². The van der Waals surface area contributed by atoms with Crippen molar-refractivity contribution >= 4 is 12.1 Å². The minimum Gasteiger partial charge on any atom is -0.497 e. The number of benzene rings is 2. The Balaban J connectivity index is 2.13. The van der Waals surface area contributed by atoms with Crippen molar-refractivity contribution in [2.45, 2.75) is 0 Å². The zero-order valence-electron chi connectivity index (χ0n) is 14.5. The third-order valence-corrected chi connectivity index (χ3v) is 3.37. The molecule has 7 heteroatoms. The second-order valence-corrected chi connectivity index (χ2v) is 4.95. The van der Waals surface area contributed by atoms with Gasteiger partial charge in [-0.15, -0.1) is 0 Å². The van der Waals surface area contributed by atoms with E-state index < -0.39 is 0 Å². The van der Waals surface area contributed by atoms with E-state index >= 15 is 0 Å². The molecule has 0 radical (unpaired) electrons. The molecular weight excluding hydrogens is 324 g/mol. The molecule has 2 aromatic carbocycles. The molecule has 0 aromatic heterocycles. The summed E-state index contributed by atoms with van der Waals surface area (Å²) in [5, 5.41) is 3.96. The Bertz CT molecular complexity index is 730. The molecule has 2 rings (SSSR count). The SMILES string of the molecule is COc1cc(/C=N\NC(=O)c2cc(OC)cc(OC)c2)cc(OC)c1. The summed E-state index contributed by atoms with van der Waals surface area (Å²) >= 11 is 0. The first-order valence-corrected chi connectivity index (χ1v) is 7.39. The van der Waals surface area contributed by atoms with E-state index in [1.807, 2.05) is 0 Å². The van der Waals surface area contributed by atoms with Crippen LogP contribution in [0.1, 0.15) is 15.9 Å². The highest BCUT2D eigenvalue weighted by atomic mass is 16.5. The summed E-state index contributed by atoms with van der Waals surface area (Å²) < 4.78 is 20.7. The Morgan fingerprint density at radius 3 is 1.68 bits per heavy atom. The number of carbonyl (C=O) groups is 1. The van der Waals surface area contributed by atoms with Gasteiger partial charge in [0.25, 0.3) is 5.91 Å². The van der Waals surface area contributed by atoms with Gasteiger partial charge in [-0.05, 0) is 24.3 Å². The van der Waals surface area contributed by atoms with Crippen LogP contribution in [0, 0.1) is 0 Å². The van der Waals surface area contributed by atoms with Crippen molar-refractivity contribution in [2.24, 2.45) is 5.10 Å². The Morgan fingerprint density at radius 1 is 0.800 bits per heavy atom. The van der Waals surface area contributed by atoms with Gasteiger partial charge in [-0.25, -0.2) is 5.43 Å². The van der Waals surface area contributed by atoms with Crippen molar-refractivity contribution in [1.82, 2.24) is 5.43 Å². The molecule has 0 spiro atoms. The number of amides is 1. The molecule has 0 atom stereocenters. The number of hydrogen-bond donors (Lipinski definition) is 1. The molecule has 0 aliphatic heterocycles. The maximum absolute atomic E-state index is 12.2. The van der Waals surface area contributed by atoms with Crippen LogP contribution in [0.25, 0.3) is 0 Å². The number of nitrogens with one attached hydrogen (secondary N) is 1. The first-order chi connectivity index (χ1) is 12.1. The lowest BCUT2D eigenvalue weighted by Crippen LogP contribution is -2.17. The lowest BCUT2D eigenvalue weighted by Gasteiger charge is -2.07. The van der Waals surface area contributed by atoms with Crippen LogP contribution in [0.3, 0.4) is 0 Å². The van der Waals surface area contributed by atoms with Gasteiger partial charge in [0.15, 0.2) is 0 Å². The molecule has 0 saturated heterocycles. The quantitative estimate of drug-likeness (QED) is 0.617. The number of hydrogen-bond acceptors (Lipinski definition) is 6. The van der Waals surface area contributed by atoms with E-state index in [1.54, 1.807) is 50.6 Å². The van der Waals surface area contributed by atoms with E-state index in [1.165, 1.54) is 20.4 Å². The number of methoxy groups -OCH3 is 4. The molecular formula is C18H20N2O5. The maximum atomic E-state index is 12.2. The van der Waals surface area contributed by atoms with Gasteiger partial charge in [0.05, 0.1) is 34.7 Å². The van der Waals surface area contributed by atoms with Crippen molar-refractivity contribution in [1.29, 1.82) is 0 Å². The first-order valence-electron chi connectivity index (χ1n) is 7.39. The Kier molecular flexibility index (Phi) is 6.22. The maximum Gasteiger partial charge on any atom is 0.271 e. The van der Waals surface area contributed by atoms with Gasteiger partial charge < -0.3 is 18.9 Å². The third kappa shape index (κ3) is 4.87. The topological polar surface area (TPSA) is 78.4 Å². The van der Waals surface area contributed by atoms with Crippen molar-refractivity contribution in [3.63, 3.8) is 0 Å². The molecule has 0 saturated carbocycles. The zero-order valence-corrected chi connectivity index (χ0v) is 14.5. The molecule has 0 bridgehead atoms. The average Bonchev–Trinajstić information content (AvgIpc) is 2.66. The summed E-state index contributed by atoms with van der Waals surface area (Å²) in [6.45, 7) is 0. The largest absolute Gasteiger partial charge is 0.497 e. The van der Waals surface area contributed by atoms with E-state index in [0.29, 0.717) is 28.6 Å². The molecule has 132 valence electrons. The van der Waals surface area contributed by atoms with Gasteiger partial charge in [-0.1, -0.05) is 0 Å². The zero-order chi connectivity index (χ0) is 18.2. The van der Waals surface area contributed by atoms with E-state index in [0.717, 1.165) is 5.56 Å². The van der Waals surface area contributed by atoms with Gasteiger partial charge in [0, 0.05) is 23.3 Å². The summed E-state index contributed by atoms with van der Waals surface area (Å²) in [6.07, 6.45) is 1.50. The molecule has 0 fully saturated rings. The first kappa shape index (κ1) is 18.1. The Labute approximate surface area is 146 Å². The van der Waals surface area contributed by atoms with Crippen molar-refractivity contribution in [3.8, 4) is 23.0 Å². The molecule has 0 aliphatic rings. The van der Waals surface area contributed by atoms with Gasteiger partial charge in [0.1, 0.15) is 23.0 Å². The van der Waals surface area contributed by atoms with Crippen LogP contribution >= 0.6 is 0 Å². The van der Waals surface area contributed by atoms with E-state index in [9.17, 15) is 4.79 Å². The van der Waals surface area contributed by atoms with Crippen LogP contribution in [0.15, 0.2) is 41.5 Å². The van der Waals surface area contributed by atoms with Gasteiger partial charge in [-0.3, -0.25) is 4.79 Å². The van der Waals surface area contributed by atoms with E-state index in [4.69, 9.17) is 18.9 Å². The number of rotatable bonds is 7. The minimum atomic E-state index is -0.386. The molecule has 0 heterocycles. The number of carbonyl (C=O) groups excluding carboxylic acids is 1. The van der Waals surface area contributed by atoms with Crippen molar-refractivity contribution in [3.05, 3.63) is 47.5 Å². The average molecular weight is 344 g/mol. The molecule has 0 aliphatic carbocycles. The second-order valence-electron chi connectivity index (χ2n) is 4.95. The predicted octanol–water partition coefficient (Wildman–Crippen LogP) is 2.48. The molecule has 0 unspecified atom stereocenters. The highest BCUT2D eigenvalue weighted by Gasteiger charge is 2.09. The summed E-state index contributed by atoms with van der Waals surface area (Å²) in [7, 11) is 6.16. The van der Waals surface area contributed by atoms with Gasteiger partial charge in [0.2, 0.25) is 0 Å². The Hall–Kier alpha value is -3.22. The number of nitrogens with zero attached hydrogens (tertiary/aromatic N) is 1. The van der Waals surface area contributed by atoms with E-state index in [2.05, 4.69) is 10.5 Å². The summed E-state index contributed by atoms with van der Waals surface area (Å²) in [6, 6.07) is 10.2. The van der Waals surface area contributed by atoms with Gasteiger partial charge >= 0.3 is 0 Å². The standard InChI is InChI=1S/C18H20N2O5/c1-22-14-5-12(6-15(9-14)23-2)11-19-20-18(21)13-7-16(24-3)10-17(8-13)25-4/h5-11H,1-4H3,(H,20,21)/b19-11-. The molecule has 25 heavy (non-hydrogen) atoms. The smallest absolute Gasteiger partial charge is 0.271 e.